The quantitative estimate of drug-likeness (QED) is 0.926. The number of carbonyl (C=O) groups excluding carboxylic acids is 1. The standard InChI is InChI=1S/C14H15FN2OS2/c1-17(8-5-6-19-7-8)14(18)13-12(16)11-9(15)3-2-4-10(11)20-13/h2-4,8H,5-7,16H2,1H3. The van der Waals surface area contributed by atoms with Gasteiger partial charge in [-0.25, -0.2) is 4.39 Å². The van der Waals surface area contributed by atoms with E-state index in [0.717, 1.165) is 22.6 Å². The summed E-state index contributed by atoms with van der Waals surface area (Å²) in [6.45, 7) is 0. The highest BCUT2D eigenvalue weighted by molar-refractivity contribution is 7.99. The number of nitrogens with two attached hydrogens (primary N) is 1. The van der Waals surface area contributed by atoms with E-state index in [9.17, 15) is 9.18 Å². The zero-order valence-electron chi connectivity index (χ0n) is 11.1. The summed E-state index contributed by atoms with van der Waals surface area (Å²) >= 11 is 3.12. The van der Waals surface area contributed by atoms with Gasteiger partial charge in [-0.2, -0.15) is 11.8 Å². The van der Waals surface area contributed by atoms with Gasteiger partial charge in [0.25, 0.3) is 5.91 Å². The number of carbonyl (C=O) groups is 1. The minimum absolute atomic E-state index is 0.101. The monoisotopic (exact) mass is 310 g/mol. The van der Waals surface area contributed by atoms with Gasteiger partial charge in [-0.05, 0) is 24.3 Å². The number of fused-ring (bicyclic) bond motifs is 1. The summed E-state index contributed by atoms with van der Waals surface area (Å²) in [5, 5.41) is 0.370. The molecule has 1 unspecified atom stereocenters. The lowest BCUT2D eigenvalue weighted by Gasteiger charge is -2.23. The fourth-order valence-electron chi connectivity index (χ4n) is 2.44. The fraction of sp³-hybridized carbons (Fsp3) is 0.357. The molecule has 1 saturated heterocycles. The third-order valence-corrected chi connectivity index (χ3v) is 5.97. The van der Waals surface area contributed by atoms with E-state index in [-0.39, 0.29) is 23.5 Å². The maximum absolute atomic E-state index is 13.8. The Morgan fingerprint density at radius 3 is 2.95 bits per heavy atom. The first-order valence-electron chi connectivity index (χ1n) is 6.41. The lowest BCUT2D eigenvalue weighted by atomic mass is 10.2. The highest BCUT2D eigenvalue weighted by atomic mass is 32.2. The number of amides is 1. The van der Waals surface area contributed by atoms with Gasteiger partial charge in [0.15, 0.2) is 0 Å². The average molecular weight is 310 g/mol. The number of benzene rings is 1. The molecular weight excluding hydrogens is 295 g/mol. The first kappa shape index (κ1) is 13.7. The van der Waals surface area contributed by atoms with Crippen LogP contribution in [0.4, 0.5) is 10.1 Å². The molecule has 0 bridgehead atoms. The van der Waals surface area contributed by atoms with Crippen LogP contribution >= 0.6 is 23.1 Å². The molecule has 3 rings (SSSR count). The molecular formula is C14H15FN2OS2. The smallest absolute Gasteiger partial charge is 0.266 e. The number of halogens is 1. The minimum atomic E-state index is -0.366. The minimum Gasteiger partial charge on any atom is -0.397 e. The summed E-state index contributed by atoms with van der Waals surface area (Å²) in [6.07, 6.45) is 1.01. The number of nitrogens with zero attached hydrogens (tertiary/aromatic N) is 1. The van der Waals surface area contributed by atoms with Gasteiger partial charge >= 0.3 is 0 Å². The Labute approximate surface area is 124 Å². The third-order valence-electron chi connectivity index (χ3n) is 3.67. The average Bonchev–Trinajstić information content (AvgIpc) is 3.06. The predicted molar refractivity (Wildman–Crippen MR) is 84.0 cm³/mol. The van der Waals surface area contributed by atoms with Crippen molar-refractivity contribution in [2.24, 2.45) is 0 Å². The number of rotatable bonds is 2. The molecule has 2 N–H and O–H groups in total. The molecule has 1 amide bonds. The molecule has 3 nitrogen and oxygen atoms in total. The summed E-state index contributed by atoms with van der Waals surface area (Å²) in [7, 11) is 1.80. The molecule has 1 fully saturated rings. The maximum atomic E-state index is 13.8. The number of hydrogen-bond acceptors (Lipinski definition) is 4. The van der Waals surface area contributed by atoms with Crippen LogP contribution in [-0.4, -0.2) is 35.4 Å². The largest absolute Gasteiger partial charge is 0.397 e. The van der Waals surface area contributed by atoms with Gasteiger partial charge in [0.1, 0.15) is 10.7 Å². The number of hydrogen-bond donors (Lipinski definition) is 1. The molecule has 2 aromatic rings. The normalized spacial score (nSPS) is 18.6. The Kier molecular flexibility index (Phi) is 3.60. The van der Waals surface area contributed by atoms with Crippen LogP contribution in [0.5, 0.6) is 0 Å². The topological polar surface area (TPSA) is 46.3 Å². The molecule has 2 heterocycles. The van der Waals surface area contributed by atoms with Crippen LogP contribution in [0, 0.1) is 5.82 Å². The molecule has 1 atom stereocenters. The second-order valence-electron chi connectivity index (χ2n) is 4.89. The van der Waals surface area contributed by atoms with Gasteiger partial charge in [0, 0.05) is 23.5 Å². The summed E-state index contributed by atoms with van der Waals surface area (Å²) in [6, 6.07) is 5.06. The summed E-state index contributed by atoms with van der Waals surface area (Å²) in [5.41, 5.74) is 6.26. The molecule has 0 aliphatic carbocycles. The molecule has 0 spiro atoms. The van der Waals surface area contributed by atoms with Crippen molar-refractivity contribution in [1.82, 2.24) is 4.90 Å². The molecule has 6 heteroatoms. The van der Waals surface area contributed by atoms with Crippen molar-refractivity contribution in [2.75, 3.05) is 24.3 Å². The van der Waals surface area contributed by atoms with Gasteiger partial charge in [-0.3, -0.25) is 4.79 Å². The first-order valence-corrected chi connectivity index (χ1v) is 8.38. The Morgan fingerprint density at radius 1 is 1.50 bits per heavy atom. The maximum Gasteiger partial charge on any atom is 0.266 e. The van der Waals surface area contributed by atoms with Crippen molar-refractivity contribution in [3.05, 3.63) is 28.9 Å². The van der Waals surface area contributed by atoms with Gasteiger partial charge in [0.2, 0.25) is 0 Å². The van der Waals surface area contributed by atoms with Crippen LogP contribution in [-0.2, 0) is 0 Å². The summed E-state index contributed by atoms with van der Waals surface area (Å²) < 4.78 is 14.5. The molecule has 20 heavy (non-hydrogen) atoms. The molecule has 0 radical (unpaired) electrons. The zero-order valence-corrected chi connectivity index (χ0v) is 12.7. The molecule has 1 aliphatic rings. The van der Waals surface area contributed by atoms with E-state index in [4.69, 9.17) is 5.73 Å². The highest BCUT2D eigenvalue weighted by Crippen LogP contribution is 2.36. The number of anilines is 1. The van der Waals surface area contributed by atoms with Crippen molar-refractivity contribution < 1.29 is 9.18 Å². The SMILES string of the molecule is CN(C(=O)c1sc2cccc(F)c2c1N)C1CCSC1. The Bertz CT molecular complexity index is 664. The van der Waals surface area contributed by atoms with Gasteiger partial charge < -0.3 is 10.6 Å². The fourth-order valence-corrected chi connectivity index (χ4v) is 4.83. The van der Waals surface area contributed by atoms with E-state index in [1.165, 1.54) is 17.4 Å². The Balaban J connectivity index is 1.99. The van der Waals surface area contributed by atoms with Crippen molar-refractivity contribution >= 4 is 44.8 Å². The van der Waals surface area contributed by atoms with Gasteiger partial charge in [-0.15, -0.1) is 11.3 Å². The van der Waals surface area contributed by atoms with Crippen LogP contribution in [0.2, 0.25) is 0 Å². The van der Waals surface area contributed by atoms with Gasteiger partial charge in [0.05, 0.1) is 11.1 Å². The van der Waals surface area contributed by atoms with E-state index in [0.29, 0.717) is 10.3 Å². The highest BCUT2D eigenvalue weighted by Gasteiger charge is 2.28. The van der Waals surface area contributed by atoms with Crippen LogP contribution in [0.1, 0.15) is 16.1 Å². The molecule has 1 aromatic heterocycles. The summed E-state index contributed by atoms with van der Waals surface area (Å²) in [5.74, 6) is 1.57. The lowest BCUT2D eigenvalue weighted by Crippen LogP contribution is -2.36. The van der Waals surface area contributed by atoms with E-state index in [1.807, 2.05) is 11.8 Å². The second kappa shape index (κ2) is 5.26. The van der Waals surface area contributed by atoms with Crippen LogP contribution in [0.25, 0.3) is 10.1 Å². The molecule has 1 aromatic carbocycles. The van der Waals surface area contributed by atoms with Crippen molar-refractivity contribution in [3.8, 4) is 0 Å². The summed E-state index contributed by atoms with van der Waals surface area (Å²) in [4.78, 5) is 14.8. The predicted octanol–water partition coefficient (Wildman–Crippen LogP) is 3.20. The number of thioether (sulfide) groups is 1. The molecule has 106 valence electrons. The van der Waals surface area contributed by atoms with E-state index < -0.39 is 0 Å². The number of nitrogen functional groups attached to an aromatic ring is 1. The van der Waals surface area contributed by atoms with Crippen molar-refractivity contribution in [3.63, 3.8) is 0 Å². The molecule has 0 saturated carbocycles. The zero-order chi connectivity index (χ0) is 14.3. The van der Waals surface area contributed by atoms with Gasteiger partial charge in [-0.1, -0.05) is 6.07 Å². The molecule has 1 aliphatic heterocycles. The Hall–Kier alpha value is -1.27. The van der Waals surface area contributed by atoms with Crippen LogP contribution in [0.15, 0.2) is 18.2 Å². The van der Waals surface area contributed by atoms with E-state index in [2.05, 4.69) is 0 Å². The Morgan fingerprint density at radius 2 is 2.30 bits per heavy atom. The third kappa shape index (κ3) is 2.16. The number of thiophene rings is 1. The second-order valence-corrected chi connectivity index (χ2v) is 7.09. The van der Waals surface area contributed by atoms with E-state index >= 15 is 0 Å². The van der Waals surface area contributed by atoms with Crippen LogP contribution < -0.4 is 5.73 Å². The van der Waals surface area contributed by atoms with Crippen molar-refractivity contribution in [1.29, 1.82) is 0 Å². The van der Waals surface area contributed by atoms with E-state index in [1.54, 1.807) is 24.1 Å². The lowest BCUT2D eigenvalue weighted by molar-refractivity contribution is 0.0754. The van der Waals surface area contributed by atoms with Crippen molar-refractivity contribution in [2.45, 2.75) is 12.5 Å². The first-order chi connectivity index (χ1) is 9.59. The van der Waals surface area contributed by atoms with Crippen LogP contribution in [0.3, 0.4) is 0 Å².